The number of piperidine rings is 1. The van der Waals surface area contributed by atoms with Crippen molar-refractivity contribution in [2.24, 2.45) is 0 Å². The van der Waals surface area contributed by atoms with E-state index < -0.39 is 5.54 Å². The molecule has 0 radical (unpaired) electrons. The molecule has 6 nitrogen and oxygen atoms in total. The van der Waals surface area contributed by atoms with Gasteiger partial charge in [0.25, 0.3) is 0 Å². The SMILES string of the molecule is CC[C@@]1(c2nc(Cc3ccccc3)c(N3CCCCC3)o2)N[C@@H](Cc2ccccc2)COC1=O. The van der Waals surface area contributed by atoms with Crippen molar-refractivity contribution >= 4 is 11.9 Å². The van der Waals surface area contributed by atoms with Crippen molar-refractivity contribution in [3.8, 4) is 0 Å². The highest BCUT2D eigenvalue weighted by Crippen LogP contribution is 2.36. The molecule has 0 unspecified atom stereocenters. The molecule has 2 saturated heterocycles. The third-order valence-electron chi connectivity index (χ3n) is 6.97. The molecule has 2 fully saturated rings. The van der Waals surface area contributed by atoms with E-state index in [2.05, 4.69) is 34.5 Å². The average Bonchev–Trinajstić information content (AvgIpc) is 3.31. The Balaban J connectivity index is 1.48. The number of nitrogens with zero attached hydrogens (tertiary/aromatic N) is 2. The van der Waals surface area contributed by atoms with E-state index in [0.717, 1.165) is 43.9 Å². The van der Waals surface area contributed by atoms with E-state index in [0.29, 0.717) is 25.3 Å². The molecule has 2 aliphatic rings. The van der Waals surface area contributed by atoms with E-state index in [-0.39, 0.29) is 12.0 Å². The number of hydrogen-bond donors (Lipinski definition) is 1. The van der Waals surface area contributed by atoms with Crippen LogP contribution in [0.3, 0.4) is 0 Å². The molecular formula is C28H33N3O3. The minimum absolute atomic E-state index is 0.0111. The van der Waals surface area contributed by atoms with E-state index >= 15 is 0 Å². The van der Waals surface area contributed by atoms with Crippen LogP contribution in [0.4, 0.5) is 5.88 Å². The molecule has 0 amide bonds. The molecule has 3 aromatic rings. The number of carbonyl (C=O) groups is 1. The predicted octanol–water partition coefficient (Wildman–Crippen LogP) is 4.62. The van der Waals surface area contributed by atoms with Gasteiger partial charge in [-0.25, -0.2) is 9.78 Å². The number of benzene rings is 2. The number of aromatic nitrogens is 1. The molecule has 0 aliphatic carbocycles. The standard InChI is InChI=1S/C28H33N3O3/c1-2-28(27(32)33-20-23(30-28)18-21-12-6-3-7-13-21)26-29-24(19-22-14-8-4-9-15-22)25(34-26)31-16-10-5-11-17-31/h3-4,6-9,12-15,23,30H,2,5,10-11,16-20H2,1H3/t23-,28-/m0/s1. The number of anilines is 1. The summed E-state index contributed by atoms with van der Waals surface area (Å²) in [6, 6.07) is 20.6. The number of oxazole rings is 1. The van der Waals surface area contributed by atoms with Crippen molar-refractivity contribution in [1.82, 2.24) is 10.3 Å². The number of ether oxygens (including phenoxy) is 1. The minimum Gasteiger partial charge on any atom is -0.462 e. The van der Waals surface area contributed by atoms with E-state index in [9.17, 15) is 4.79 Å². The van der Waals surface area contributed by atoms with Crippen molar-refractivity contribution in [3.63, 3.8) is 0 Å². The summed E-state index contributed by atoms with van der Waals surface area (Å²) in [6.07, 6.45) is 5.45. The van der Waals surface area contributed by atoms with Crippen LogP contribution in [-0.2, 0) is 27.9 Å². The van der Waals surface area contributed by atoms with Gasteiger partial charge in [-0.15, -0.1) is 0 Å². The van der Waals surface area contributed by atoms with Crippen molar-refractivity contribution in [2.75, 3.05) is 24.6 Å². The van der Waals surface area contributed by atoms with Gasteiger partial charge in [0.15, 0.2) is 5.54 Å². The highest BCUT2D eigenvalue weighted by Gasteiger charge is 2.50. The summed E-state index contributed by atoms with van der Waals surface area (Å²) in [5, 5.41) is 3.59. The lowest BCUT2D eigenvalue weighted by Crippen LogP contribution is -2.60. The molecule has 0 saturated carbocycles. The number of esters is 1. The zero-order chi connectivity index (χ0) is 23.4. The summed E-state index contributed by atoms with van der Waals surface area (Å²) in [5.41, 5.74) is 2.18. The van der Waals surface area contributed by atoms with Crippen LogP contribution in [-0.4, -0.2) is 36.7 Å². The maximum Gasteiger partial charge on any atom is 0.336 e. The summed E-state index contributed by atoms with van der Waals surface area (Å²) < 4.78 is 12.2. The topological polar surface area (TPSA) is 67.6 Å². The average molecular weight is 460 g/mol. The molecule has 178 valence electrons. The van der Waals surface area contributed by atoms with Gasteiger partial charge in [-0.05, 0) is 43.2 Å². The van der Waals surface area contributed by atoms with Gasteiger partial charge in [0.05, 0.1) is 0 Å². The molecule has 2 aliphatic heterocycles. The third-order valence-corrected chi connectivity index (χ3v) is 6.97. The molecule has 5 rings (SSSR count). The van der Waals surface area contributed by atoms with Crippen molar-refractivity contribution in [1.29, 1.82) is 0 Å². The lowest BCUT2D eigenvalue weighted by Gasteiger charge is -2.37. The molecule has 3 heterocycles. The second-order valence-corrected chi connectivity index (χ2v) is 9.37. The molecule has 2 atom stereocenters. The molecule has 34 heavy (non-hydrogen) atoms. The van der Waals surface area contributed by atoms with Crippen LogP contribution in [0, 0.1) is 0 Å². The molecule has 2 aromatic carbocycles. The van der Waals surface area contributed by atoms with E-state index in [1.165, 1.54) is 17.5 Å². The Morgan fingerprint density at radius 2 is 1.68 bits per heavy atom. The second-order valence-electron chi connectivity index (χ2n) is 9.37. The maximum atomic E-state index is 13.2. The number of carbonyl (C=O) groups excluding carboxylic acids is 1. The van der Waals surface area contributed by atoms with Gasteiger partial charge in [-0.1, -0.05) is 67.6 Å². The van der Waals surface area contributed by atoms with Gasteiger partial charge in [0, 0.05) is 25.6 Å². The Bertz CT molecular complexity index is 1090. The lowest BCUT2D eigenvalue weighted by molar-refractivity contribution is -0.161. The normalized spacial score (nSPS) is 23.0. The van der Waals surface area contributed by atoms with Gasteiger partial charge in [-0.3, -0.25) is 5.32 Å². The third kappa shape index (κ3) is 4.60. The van der Waals surface area contributed by atoms with Gasteiger partial charge in [-0.2, -0.15) is 0 Å². The summed E-state index contributed by atoms with van der Waals surface area (Å²) in [4.78, 5) is 20.5. The first-order valence-electron chi connectivity index (χ1n) is 12.5. The number of morpholine rings is 1. The molecule has 6 heteroatoms. The first-order chi connectivity index (χ1) is 16.7. The fraction of sp³-hybridized carbons (Fsp3) is 0.429. The van der Waals surface area contributed by atoms with Crippen LogP contribution < -0.4 is 10.2 Å². The fourth-order valence-corrected chi connectivity index (χ4v) is 5.08. The molecule has 1 aromatic heterocycles. The Morgan fingerprint density at radius 3 is 2.35 bits per heavy atom. The molecule has 0 spiro atoms. The van der Waals surface area contributed by atoms with Crippen LogP contribution in [0.1, 0.15) is 55.3 Å². The maximum absolute atomic E-state index is 13.2. The summed E-state index contributed by atoms with van der Waals surface area (Å²) in [7, 11) is 0. The van der Waals surface area contributed by atoms with Crippen molar-refractivity contribution < 1.29 is 13.9 Å². The van der Waals surface area contributed by atoms with Crippen LogP contribution in [0.2, 0.25) is 0 Å². The van der Waals surface area contributed by atoms with Crippen LogP contribution in [0.5, 0.6) is 0 Å². The first-order valence-corrected chi connectivity index (χ1v) is 12.5. The van der Waals surface area contributed by atoms with Crippen LogP contribution in [0.15, 0.2) is 65.1 Å². The predicted molar refractivity (Wildman–Crippen MR) is 132 cm³/mol. The van der Waals surface area contributed by atoms with Gasteiger partial charge in [0.2, 0.25) is 11.8 Å². The van der Waals surface area contributed by atoms with Crippen molar-refractivity contribution in [2.45, 2.75) is 57.0 Å². The van der Waals surface area contributed by atoms with Crippen LogP contribution >= 0.6 is 0 Å². The number of cyclic esters (lactones) is 1. The fourth-order valence-electron chi connectivity index (χ4n) is 5.08. The van der Waals surface area contributed by atoms with Gasteiger partial charge >= 0.3 is 5.97 Å². The lowest BCUT2D eigenvalue weighted by atomic mass is 9.91. The Labute approximate surface area is 201 Å². The van der Waals surface area contributed by atoms with Gasteiger partial charge in [0.1, 0.15) is 12.3 Å². The number of hydrogen-bond acceptors (Lipinski definition) is 6. The van der Waals surface area contributed by atoms with Gasteiger partial charge < -0.3 is 14.1 Å². The molecular weight excluding hydrogens is 426 g/mol. The molecule has 1 N–H and O–H groups in total. The smallest absolute Gasteiger partial charge is 0.336 e. The molecule has 0 bridgehead atoms. The van der Waals surface area contributed by atoms with Crippen molar-refractivity contribution in [3.05, 3.63) is 83.4 Å². The van der Waals surface area contributed by atoms with Crippen LogP contribution in [0.25, 0.3) is 0 Å². The minimum atomic E-state index is -1.09. The highest BCUT2D eigenvalue weighted by atomic mass is 16.5. The zero-order valence-electron chi connectivity index (χ0n) is 19.8. The Hall–Kier alpha value is -3.12. The summed E-state index contributed by atoms with van der Waals surface area (Å²) in [6.45, 7) is 4.22. The summed E-state index contributed by atoms with van der Waals surface area (Å²) in [5.74, 6) is 0.910. The monoisotopic (exact) mass is 459 g/mol. The quantitative estimate of drug-likeness (QED) is 0.520. The number of rotatable bonds is 7. The van der Waals surface area contributed by atoms with E-state index in [4.69, 9.17) is 14.1 Å². The Morgan fingerprint density at radius 1 is 1.00 bits per heavy atom. The van der Waals surface area contributed by atoms with E-state index in [1.807, 2.05) is 43.3 Å². The zero-order valence-corrected chi connectivity index (χ0v) is 19.8. The highest BCUT2D eigenvalue weighted by molar-refractivity contribution is 5.82. The number of nitrogens with one attached hydrogen (secondary N) is 1. The first kappa shape index (κ1) is 22.7. The largest absolute Gasteiger partial charge is 0.462 e. The second kappa shape index (κ2) is 10.0. The Kier molecular flexibility index (Phi) is 6.68. The summed E-state index contributed by atoms with van der Waals surface area (Å²) >= 11 is 0. The van der Waals surface area contributed by atoms with E-state index in [1.54, 1.807) is 0 Å².